The second-order valence-corrected chi connectivity index (χ2v) is 11.7. The molecule has 0 bridgehead atoms. The Kier molecular flexibility index (Phi) is 9.78. The molecular weight excluding hydrogens is 639 g/mol. The molecule has 2 aromatic heterocycles. The number of esters is 1. The van der Waals surface area contributed by atoms with Crippen molar-refractivity contribution in [2.45, 2.75) is 38.5 Å². The number of halogens is 1. The minimum absolute atomic E-state index is 0. The monoisotopic (exact) mass is 674 g/mol. The number of carbonyl (C=O) groups excluding carboxylic acids is 1. The second-order valence-electron chi connectivity index (χ2n) is 9.76. The number of H-pyrrole nitrogens is 1. The number of carbonyl (C=O) groups is 1. The van der Waals surface area contributed by atoms with Gasteiger partial charge in [0.15, 0.2) is 5.52 Å². The summed E-state index contributed by atoms with van der Waals surface area (Å²) in [7, 11) is -0.212. The maximum Gasteiger partial charge on any atom is 0.306 e. The van der Waals surface area contributed by atoms with E-state index in [-0.39, 0.29) is 66.0 Å². The number of quaternary nitrogens is 1. The number of piperazine rings is 1. The van der Waals surface area contributed by atoms with Gasteiger partial charge in [-0.15, -0.1) is 0 Å². The molecule has 0 spiro atoms. The molecule has 0 aliphatic carbocycles. The number of aromatic nitrogens is 4. The summed E-state index contributed by atoms with van der Waals surface area (Å²) in [6.07, 6.45) is 1.49. The van der Waals surface area contributed by atoms with Crippen LogP contribution in [0.25, 0.3) is 22.4 Å². The highest BCUT2D eigenvalue weighted by atomic mass is 127. The lowest BCUT2D eigenvalue weighted by atomic mass is 10.1. The van der Waals surface area contributed by atoms with E-state index in [1.165, 1.54) is 28.0 Å². The number of nitrogens with zero attached hydrogens (tertiary/aromatic N) is 5. The quantitative estimate of drug-likeness (QED) is 0.167. The molecule has 1 aliphatic rings. The molecule has 0 unspecified atom stereocenters. The molecule has 39 heavy (non-hydrogen) atoms. The highest BCUT2D eigenvalue weighted by Crippen LogP contribution is 2.32. The van der Waals surface area contributed by atoms with Crippen molar-refractivity contribution in [3.63, 3.8) is 0 Å². The van der Waals surface area contributed by atoms with E-state index in [1.54, 1.807) is 13.1 Å². The van der Waals surface area contributed by atoms with Crippen LogP contribution in [0, 0.1) is 0 Å². The number of hydrogen-bond donors (Lipinski definition) is 1. The zero-order valence-electron chi connectivity index (χ0n) is 22.9. The Labute approximate surface area is 245 Å². The lowest BCUT2D eigenvalue weighted by Crippen LogP contribution is -3.00. The number of sulfonamides is 1. The number of hydrogen-bond acceptors (Lipinski definition) is 8. The number of rotatable bonds is 9. The van der Waals surface area contributed by atoms with Crippen LogP contribution >= 0.6 is 0 Å². The predicted octanol–water partition coefficient (Wildman–Crippen LogP) is -1.35. The van der Waals surface area contributed by atoms with Crippen LogP contribution < -0.4 is 34.3 Å². The van der Waals surface area contributed by atoms with Gasteiger partial charge in [-0.3, -0.25) is 18.8 Å². The summed E-state index contributed by atoms with van der Waals surface area (Å²) < 4.78 is 41.6. The van der Waals surface area contributed by atoms with E-state index in [9.17, 15) is 18.0 Å². The Bertz CT molecular complexity index is 1510. The SMILES string of the molecule is CCCc1nn(C)c2c(=O)[nH]c(-c3cc(S(=O)(=O)N4CC[N+](C)(COC(C)=O)CC4)ccc3OCC)nc12.[I-]. The lowest BCUT2D eigenvalue weighted by molar-refractivity contribution is -0.928. The maximum absolute atomic E-state index is 13.6. The van der Waals surface area contributed by atoms with Gasteiger partial charge in [-0.1, -0.05) is 13.3 Å². The van der Waals surface area contributed by atoms with Gasteiger partial charge in [0, 0.05) is 14.0 Å². The summed E-state index contributed by atoms with van der Waals surface area (Å²) in [5.41, 5.74) is 1.58. The summed E-state index contributed by atoms with van der Waals surface area (Å²) in [5.74, 6) is 0.274. The van der Waals surface area contributed by atoms with E-state index in [1.807, 2.05) is 20.9 Å². The molecule has 0 atom stereocenters. The molecule has 214 valence electrons. The summed E-state index contributed by atoms with van der Waals surface area (Å²) in [6, 6.07) is 4.60. The summed E-state index contributed by atoms with van der Waals surface area (Å²) >= 11 is 0. The minimum Gasteiger partial charge on any atom is -1.00 e. The molecule has 12 nitrogen and oxygen atoms in total. The Hall–Kier alpha value is -2.56. The van der Waals surface area contributed by atoms with Gasteiger partial charge in [0.25, 0.3) is 5.56 Å². The topological polar surface area (TPSA) is 136 Å². The molecule has 0 radical (unpaired) electrons. The number of aryl methyl sites for hydroxylation is 2. The first-order valence-corrected chi connectivity index (χ1v) is 14.1. The molecule has 1 N–H and O–H groups in total. The standard InChI is InChI=1S/C25H34N6O6S.HI/c1-6-8-20-22-23(29(4)28-20)25(33)27-24(26-22)19-15-18(9-10-21(19)36-7-2)38(34,35)30-11-13-31(5,14-12-30)16-37-17(3)32;/h9-10,15H,6-8,11-14,16H2,1-5H3;1H. The molecule has 1 aromatic carbocycles. The van der Waals surface area contributed by atoms with Crippen LogP contribution in [-0.4, -0.2) is 89.5 Å². The van der Waals surface area contributed by atoms with Gasteiger partial charge < -0.3 is 38.4 Å². The normalized spacial score (nSPS) is 15.6. The fourth-order valence-corrected chi connectivity index (χ4v) is 6.06. The van der Waals surface area contributed by atoms with E-state index >= 15 is 0 Å². The number of nitrogens with one attached hydrogen (secondary N) is 1. The molecular formula is C25H35IN6O6S. The van der Waals surface area contributed by atoms with Gasteiger partial charge in [0.1, 0.15) is 17.1 Å². The van der Waals surface area contributed by atoms with Crippen molar-refractivity contribution in [3.05, 3.63) is 34.2 Å². The van der Waals surface area contributed by atoms with Crippen molar-refractivity contribution < 1.29 is 51.1 Å². The van der Waals surface area contributed by atoms with Gasteiger partial charge >= 0.3 is 5.97 Å². The number of likely N-dealkylation sites (N-methyl/N-ethyl adjacent to an activating group) is 1. The zero-order chi connectivity index (χ0) is 27.7. The first-order valence-electron chi connectivity index (χ1n) is 12.7. The fraction of sp³-hybridized carbons (Fsp3) is 0.520. The molecule has 3 aromatic rings. The van der Waals surface area contributed by atoms with E-state index in [0.717, 1.165) is 6.42 Å². The molecule has 0 amide bonds. The van der Waals surface area contributed by atoms with Crippen LogP contribution in [0.5, 0.6) is 5.75 Å². The number of benzene rings is 1. The van der Waals surface area contributed by atoms with Gasteiger partial charge in [0.05, 0.1) is 56.0 Å². The van der Waals surface area contributed by atoms with Crippen LogP contribution in [0.4, 0.5) is 0 Å². The van der Waals surface area contributed by atoms with Gasteiger partial charge in [-0.2, -0.15) is 9.40 Å². The second kappa shape index (κ2) is 12.3. The fourth-order valence-electron chi connectivity index (χ4n) is 4.61. The molecule has 1 aliphatic heterocycles. The minimum atomic E-state index is -3.85. The van der Waals surface area contributed by atoms with Crippen molar-refractivity contribution in [2.75, 3.05) is 46.6 Å². The first-order chi connectivity index (χ1) is 18.0. The smallest absolute Gasteiger partial charge is 0.306 e. The first kappa shape index (κ1) is 31.0. The van der Waals surface area contributed by atoms with E-state index < -0.39 is 10.0 Å². The van der Waals surface area contributed by atoms with E-state index in [2.05, 4.69) is 10.1 Å². The molecule has 0 saturated carbocycles. The Morgan fingerprint density at radius 3 is 2.51 bits per heavy atom. The number of ether oxygens (including phenoxy) is 2. The van der Waals surface area contributed by atoms with Crippen LogP contribution in [-0.2, 0) is 33.0 Å². The highest BCUT2D eigenvalue weighted by molar-refractivity contribution is 7.89. The van der Waals surface area contributed by atoms with Crippen molar-refractivity contribution in [1.82, 2.24) is 24.1 Å². The third-order valence-electron chi connectivity index (χ3n) is 6.75. The number of aromatic amines is 1. The Morgan fingerprint density at radius 2 is 1.90 bits per heavy atom. The molecule has 14 heteroatoms. The van der Waals surface area contributed by atoms with E-state index in [0.29, 0.717) is 58.6 Å². The van der Waals surface area contributed by atoms with Crippen molar-refractivity contribution in [3.8, 4) is 17.1 Å². The van der Waals surface area contributed by atoms with Crippen LogP contribution in [0.1, 0.15) is 32.9 Å². The van der Waals surface area contributed by atoms with Gasteiger partial charge in [-0.05, 0) is 31.5 Å². The molecule has 4 rings (SSSR count). The third kappa shape index (κ3) is 6.44. The molecule has 3 heterocycles. The third-order valence-corrected chi connectivity index (χ3v) is 8.65. The van der Waals surface area contributed by atoms with Crippen LogP contribution in [0.3, 0.4) is 0 Å². The van der Waals surface area contributed by atoms with E-state index in [4.69, 9.17) is 14.5 Å². The van der Waals surface area contributed by atoms with Gasteiger partial charge in [0.2, 0.25) is 16.8 Å². The average molecular weight is 675 g/mol. The van der Waals surface area contributed by atoms with Crippen molar-refractivity contribution in [1.29, 1.82) is 0 Å². The summed E-state index contributed by atoms with van der Waals surface area (Å²) in [4.78, 5) is 31.8. The Morgan fingerprint density at radius 1 is 1.21 bits per heavy atom. The van der Waals surface area contributed by atoms with Crippen LogP contribution in [0.2, 0.25) is 0 Å². The number of fused-ring (bicyclic) bond motifs is 1. The lowest BCUT2D eigenvalue weighted by Gasteiger charge is -2.40. The molecule has 1 fully saturated rings. The average Bonchev–Trinajstić information content (AvgIpc) is 3.19. The Balaban J connectivity index is 0.00000420. The van der Waals surface area contributed by atoms with Crippen molar-refractivity contribution >= 4 is 27.0 Å². The maximum atomic E-state index is 13.6. The van der Waals surface area contributed by atoms with Crippen molar-refractivity contribution in [2.24, 2.45) is 7.05 Å². The van der Waals surface area contributed by atoms with Gasteiger partial charge in [-0.25, -0.2) is 13.4 Å². The summed E-state index contributed by atoms with van der Waals surface area (Å²) in [6.45, 7) is 7.32. The summed E-state index contributed by atoms with van der Waals surface area (Å²) in [5, 5.41) is 4.46. The predicted molar refractivity (Wildman–Crippen MR) is 141 cm³/mol. The highest BCUT2D eigenvalue weighted by Gasteiger charge is 2.36. The zero-order valence-corrected chi connectivity index (χ0v) is 25.8. The molecule has 1 saturated heterocycles. The largest absolute Gasteiger partial charge is 1.00 e. The van der Waals surface area contributed by atoms with Crippen LogP contribution in [0.15, 0.2) is 27.9 Å².